The lowest BCUT2D eigenvalue weighted by molar-refractivity contribution is 0.603. The Labute approximate surface area is 162 Å². The molecule has 0 N–H and O–H groups in total. The van der Waals surface area contributed by atoms with E-state index in [1.807, 2.05) is 37.4 Å². The predicted octanol–water partition coefficient (Wildman–Crippen LogP) is 5.34. The SMILES string of the molecule is CS/C=C\C(=C/C#Cc1ccc(Br)cc1)S(=O)(=O)c1ccc(C)cc1. The fourth-order valence-electron chi connectivity index (χ4n) is 1.93. The molecule has 0 aliphatic rings. The highest BCUT2D eigenvalue weighted by Gasteiger charge is 2.18. The number of halogens is 1. The van der Waals surface area contributed by atoms with Gasteiger partial charge in [0.25, 0.3) is 0 Å². The third-order valence-electron chi connectivity index (χ3n) is 3.29. The molecule has 2 nitrogen and oxygen atoms in total. The van der Waals surface area contributed by atoms with Crippen LogP contribution in [-0.2, 0) is 9.84 Å². The van der Waals surface area contributed by atoms with E-state index in [9.17, 15) is 8.42 Å². The second-order valence-corrected chi connectivity index (χ2v) is 8.79. The van der Waals surface area contributed by atoms with Crippen LogP contribution in [0.5, 0.6) is 0 Å². The summed E-state index contributed by atoms with van der Waals surface area (Å²) in [4.78, 5) is 0.441. The standard InChI is InChI=1S/C20H17BrO2S2/c1-16-6-12-20(13-7-16)25(22,23)19(14-15-24-2)5-3-4-17-8-10-18(21)11-9-17/h5-15H,1-2H3/b15-14-,19-5+. The van der Waals surface area contributed by atoms with Gasteiger partial charge in [0, 0.05) is 16.1 Å². The second kappa shape index (κ2) is 9.10. The fraction of sp³-hybridized carbons (Fsp3) is 0.100. The minimum Gasteiger partial charge on any atom is -0.218 e. The van der Waals surface area contributed by atoms with Crippen molar-refractivity contribution in [2.75, 3.05) is 6.26 Å². The molecule has 0 amide bonds. The molecule has 0 bridgehead atoms. The summed E-state index contributed by atoms with van der Waals surface area (Å²) in [6, 6.07) is 14.3. The van der Waals surface area contributed by atoms with Gasteiger partial charge in [0.05, 0.1) is 9.80 Å². The predicted molar refractivity (Wildman–Crippen MR) is 110 cm³/mol. The van der Waals surface area contributed by atoms with Gasteiger partial charge in [0.2, 0.25) is 9.84 Å². The maximum absolute atomic E-state index is 12.8. The first kappa shape index (κ1) is 19.6. The molecule has 0 atom stereocenters. The van der Waals surface area contributed by atoms with Gasteiger partial charge in [-0.05, 0) is 61.1 Å². The van der Waals surface area contributed by atoms with Crippen LogP contribution in [0.3, 0.4) is 0 Å². The Morgan fingerprint density at radius 2 is 1.72 bits per heavy atom. The van der Waals surface area contributed by atoms with Gasteiger partial charge in [-0.15, -0.1) is 11.8 Å². The lowest BCUT2D eigenvalue weighted by atomic mass is 10.2. The minimum absolute atomic E-state index is 0.176. The van der Waals surface area contributed by atoms with Crippen LogP contribution in [0.1, 0.15) is 11.1 Å². The van der Waals surface area contributed by atoms with Crippen LogP contribution in [-0.4, -0.2) is 14.7 Å². The van der Waals surface area contributed by atoms with Crippen LogP contribution in [0, 0.1) is 18.8 Å². The van der Waals surface area contributed by atoms with Crippen molar-refractivity contribution in [1.82, 2.24) is 0 Å². The van der Waals surface area contributed by atoms with Crippen molar-refractivity contribution < 1.29 is 8.42 Å². The molecule has 0 heterocycles. The summed E-state index contributed by atoms with van der Waals surface area (Å²) in [7, 11) is -3.60. The number of sulfone groups is 1. The molecule has 0 aliphatic carbocycles. The summed E-state index contributed by atoms with van der Waals surface area (Å²) in [6.07, 6.45) is 4.90. The van der Waals surface area contributed by atoms with Gasteiger partial charge >= 0.3 is 0 Å². The van der Waals surface area contributed by atoms with Crippen LogP contribution < -0.4 is 0 Å². The van der Waals surface area contributed by atoms with Crippen molar-refractivity contribution in [1.29, 1.82) is 0 Å². The normalized spacial score (nSPS) is 12.0. The third kappa shape index (κ3) is 5.64. The number of benzene rings is 2. The first-order valence-corrected chi connectivity index (χ1v) is 11.0. The van der Waals surface area contributed by atoms with E-state index in [-0.39, 0.29) is 9.80 Å². The van der Waals surface area contributed by atoms with Crippen molar-refractivity contribution >= 4 is 37.5 Å². The third-order valence-corrected chi connectivity index (χ3v) is 5.99. The van der Waals surface area contributed by atoms with Crippen molar-refractivity contribution in [3.63, 3.8) is 0 Å². The first-order chi connectivity index (χ1) is 11.9. The molecule has 0 saturated carbocycles. The molecule has 0 saturated heterocycles. The van der Waals surface area contributed by atoms with Gasteiger partial charge in [0.1, 0.15) is 0 Å². The highest BCUT2D eigenvalue weighted by Crippen LogP contribution is 2.21. The van der Waals surface area contributed by atoms with E-state index in [0.717, 1.165) is 15.6 Å². The monoisotopic (exact) mass is 432 g/mol. The van der Waals surface area contributed by atoms with Gasteiger partial charge in [-0.2, -0.15) is 0 Å². The lowest BCUT2D eigenvalue weighted by Crippen LogP contribution is -2.03. The van der Waals surface area contributed by atoms with Crippen molar-refractivity contribution in [3.05, 3.63) is 86.6 Å². The molecule has 2 rings (SSSR count). The average Bonchev–Trinajstić information content (AvgIpc) is 2.59. The molecule has 0 unspecified atom stereocenters. The molecule has 25 heavy (non-hydrogen) atoms. The zero-order valence-electron chi connectivity index (χ0n) is 13.9. The average molecular weight is 433 g/mol. The van der Waals surface area contributed by atoms with E-state index >= 15 is 0 Å². The van der Waals surface area contributed by atoms with Crippen molar-refractivity contribution in [2.45, 2.75) is 11.8 Å². The summed E-state index contributed by atoms with van der Waals surface area (Å²) in [5.74, 6) is 5.81. The molecule has 0 radical (unpaired) electrons. The number of aryl methyl sites for hydroxylation is 1. The Morgan fingerprint density at radius 3 is 2.32 bits per heavy atom. The molecule has 0 spiro atoms. The van der Waals surface area contributed by atoms with E-state index in [4.69, 9.17) is 0 Å². The molecule has 2 aromatic rings. The number of rotatable bonds is 4. The Kier molecular flexibility index (Phi) is 7.12. The molecule has 0 aromatic heterocycles. The van der Waals surface area contributed by atoms with Crippen molar-refractivity contribution in [3.8, 4) is 11.8 Å². The molecule has 5 heteroatoms. The smallest absolute Gasteiger partial charge is 0.207 e. The van der Waals surface area contributed by atoms with Gasteiger partial charge in [0.15, 0.2) is 0 Å². The fourth-order valence-corrected chi connectivity index (χ4v) is 3.79. The highest BCUT2D eigenvalue weighted by molar-refractivity contribution is 9.10. The number of hydrogen-bond donors (Lipinski definition) is 0. The Balaban J connectivity index is 2.40. The molecule has 0 fully saturated rings. The van der Waals surface area contributed by atoms with Gasteiger partial charge in [-0.3, -0.25) is 0 Å². The zero-order valence-corrected chi connectivity index (χ0v) is 17.1. The number of hydrogen-bond acceptors (Lipinski definition) is 3. The van der Waals surface area contributed by atoms with E-state index in [2.05, 4.69) is 27.8 Å². The molecular weight excluding hydrogens is 416 g/mol. The lowest BCUT2D eigenvalue weighted by Gasteiger charge is -2.05. The van der Waals surface area contributed by atoms with Gasteiger partial charge in [-0.25, -0.2) is 8.42 Å². The van der Waals surface area contributed by atoms with E-state index < -0.39 is 9.84 Å². The topological polar surface area (TPSA) is 34.1 Å². The summed E-state index contributed by atoms with van der Waals surface area (Å²) in [6.45, 7) is 1.92. The highest BCUT2D eigenvalue weighted by atomic mass is 79.9. The zero-order chi connectivity index (χ0) is 18.3. The maximum atomic E-state index is 12.8. The summed E-state index contributed by atoms with van der Waals surface area (Å²) in [5, 5.41) is 1.74. The van der Waals surface area contributed by atoms with E-state index in [1.54, 1.807) is 35.7 Å². The van der Waals surface area contributed by atoms with Gasteiger partial charge < -0.3 is 0 Å². The quantitative estimate of drug-likeness (QED) is 0.482. The summed E-state index contributed by atoms with van der Waals surface area (Å²) in [5.41, 5.74) is 1.83. The van der Waals surface area contributed by atoms with Crippen LogP contribution >= 0.6 is 27.7 Å². The number of allylic oxidation sites excluding steroid dienone is 2. The van der Waals surface area contributed by atoms with E-state index in [1.165, 1.54) is 17.8 Å². The van der Waals surface area contributed by atoms with Crippen LogP contribution in [0.2, 0.25) is 0 Å². The van der Waals surface area contributed by atoms with Crippen LogP contribution in [0.25, 0.3) is 0 Å². The maximum Gasteiger partial charge on any atom is 0.207 e. The Hall–Kier alpha value is -1.74. The summed E-state index contributed by atoms with van der Waals surface area (Å²) < 4.78 is 26.6. The van der Waals surface area contributed by atoms with Crippen LogP contribution in [0.15, 0.2) is 80.4 Å². The Bertz CT molecular complexity index is 943. The molecule has 2 aromatic carbocycles. The number of thioether (sulfide) groups is 1. The summed E-state index contributed by atoms with van der Waals surface area (Å²) >= 11 is 4.81. The molecular formula is C20H17BrO2S2. The first-order valence-electron chi connectivity index (χ1n) is 7.42. The second-order valence-electron chi connectivity index (χ2n) is 5.18. The van der Waals surface area contributed by atoms with Crippen molar-refractivity contribution in [2.24, 2.45) is 0 Å². The van der Waals surface area contributed by atoms with Gasteiger partial charge in [-0.1, -0.05) is 45.5 Å². The molecule has 0 aliphatic heterocycles. The Morgan fingerprint density at radius 1 is 1.08 bits per heavy atom. The van der Waals surface area contributed by atoms with E-state index in [0.29, 0.717) is 0 Å². The van der Waals surface area contributed by atoms with Crippen LogP contribution in [0.4, 0.5) is 0 Å². The minimum atomic E-state index is -3.60. The largest absolute Gasteiger partial charge is 0.218 e. The molecule has 128 valence electrons.